The summed E-state index contributed by atoms with van der Waals surface area (Å²) in [6, 6.07) is 3.38. The Bertz CT molecular complexity index is 506. The molecule has 0 aliphatic carbocycles. The fourth-order valence-electron chi connectivity index (χ4n) is 1.53. The number of rotatable bonds is 4. The van der Waals surface area contributed by atoms with Gasteiger partial charge in [0, 0.05) is 4.47 Å². The first-order valence-corrected chi connectivity index (χ1v) is 6.39. The Morgan fingerprint density at radius 2 is 2.16 bits per heavy atom. The number of hydrogen-bond donors (Lipinski definition) is 3. The minimum absolute atomic E-state index is 0.102. The molecule has 0 radical (unpaired) electrons. The Hall–Kier alpha value is -1.63. The quantitative estimate of drug-likeness (QED) is 0.341. The number of halogens is 2. The second kappa shape index (κ2) is 6.51. The lowest BCUT2D eigenvalue weighted by molar-refractivity contribution is 0.0934. The van der Waals surface area contributed by atoms with Gasteiger partial charge in [-0.1, -0.05) is 34.9 Å². The van der Waals surface area contributed by atoms with E-state index in [4.69, 9.17) is 10.9 Å². The molecule has 1 amide bonds. The maximum absolute atomic E-state index is 13.6. The van der Waals surface area contributed by atoms with Gasteiger partial charge < -0.3 is 16.3 Å². The number of amides is 1. The van der Waals surface area contributed by atoms with Crippen molar-refractivity contribution < 1.29 is 14.4 Å². The fourth-order valence-corrected chi connectivity index (χ4v) is 1.90. The van der Waals surface area contributed by atoms with Crippen LogP contribution < -0.4 is 11.1 Å². The highest BCUT2D eigenvalue weighted by atomic mass is 79.9. The molecule has 0 spiro atoms. The second-order valence-corrected chi connectivity index (χ2v) is 5.26. The van der Waals surface area contributed by atoms with Crippen molar-refractivity contribution in [1.82, 2.24) is 5.32 Å². The molecule has 0 aliphatic rings. The van der Waals surface area contributed by atoms with Crippen molar-refractivity contribution >= 4 is 27.7 Å². The molecule has 0 fully saturated rings. The van der Waals surface area contributed by atoms with Gasteiger partial charge in [-0.15, -0.1) is 0 Å². The van der Waals surface area contributed by atoms with Crippen LogP contribution in [0.25, 0.3) is 0 Å². The maximum Gasteiger partial charge on any atom is 0.254 e. The van der Waals surface area contributed by atoms with Gasteiger partial charge in [0.1, 0.15) is 5.82 Å². The minimum Gasteiger partial charge on any atom is -0.409 e. The van der Waals surface area contributed by atoms with Crippen LogP contribution in [0.3, 0.4) is 0 Å². The normalized spacial score (nSPS) is 13.4. The average Bonchev–Trinajstić information content (AvgIpc) is 2.37. The third-order valence-corrected chi connectivity index (χ3v) is 3.05. The predicted molar refractivity (Wildman–Crippen MR) is 73.6 cm³/mol. The van der Waals surface area contributed by atoms with E-state index in [2.05, 4.69) is 26.4 Å². The number of nitrogens with one attached hydrogen (secondary N) is 1. The molecule has 1 unspecified atom stereocenters. The van der Waals surface area contributed by atoms with Crippen LogP contribution in [0.1, 0.15) is 24.2 Å². The molecule has 0 saturated heterocycles. The number of amidine groups is 1. The molecule has 1 aromatic carbocycles. The zero-order valence-corrected chi connectivity index (χ0v) is 12.1. The lowest BCUT2D eigenvalue weighted by atomic mass is 10.0. The highest BCUT2D eigenvalue weighted by Gasteiger charge is 2.22. The first kappa shape index (κ1) is 15.4. The third kappa shape index (κ3) is 3.92. The smallest absolute Gasteiger partial charge is 0.254 e. The number of carbonyl (C=O) groups excluding carboxylic acids is 1. The summed E-state index contributed by atoms with van der Waals surface area (Å²) in [5.74, 6) is -1.49. The van der Waals surface area contributed by atoms with Crippen molar-refractivity contribution in [2.45, 2.75) is 19.9 Å². The SMILES string of the molecule is CC(C)C(NC(=O)c1cc(Br)ccc1F)C(N)=NO. The number of benzene rings is 1. The molecular formula is C12H15BrFN3O2. The van der Waals surface area contributed by atoms with Gasteiger partial charge in [0.15, 0.2) is 5.84 Å². The lowest BCUT2D eigenvalue weighted by Gasteiger charge is -2.21. The minimum atomic E-state index is -0.670. The molecule has 19 heavy (non-hydrogen) atoms. The first-order chi connectivity index (χ1) is 8.86. The van der Waals surface area contributed by atoms with Crippen molar-refractivity contribution in [3.05, 3.63) is 34.1 Å². The van der Waals surface area contributed by atoms with E-state index in [0.717, 1.165) is 0 Å². The number of nitrogens with two attached hydrogens (primary N) is 1. The van der Waals surface area contributed by atoms with Crippen LogP contribution in [-0.2, 0) is 0 Å². The van der Waals surface area contributed by atoms with Crippen molar-refractivity contribution in [2.24, 2.45) is 16.8 Å². The van der Waals surface area contributed by atoms with E-state index in [1.807, 2.05) is 0 Å². The molecule has 0 bridgehead atoms. The monoisotopic (exact) mass is 331 g/mol. The number of oxime groups is 1. The van der Waals surface area contributed by atoms with Gasteiger partial charge in [-0.2, -0.15) is 0 Å². The highest BCUT2D eigenvalue weighted by Crippen LogP contribution is 2.16. The van der Waals surface area contributed by atoms with Crippen LogP contribution in [0, 0.1) is 11.7 Å². The van der Waals surface area contributed by atoms with Gasteiger partial charge in [0.2, 0.25) is 0 Å². The van der Waals surface area contributed by atoms with Crippen LogP contribution in [0.4, 0.5) is 4.39 Å². The van der Waals surface area contributed by atoms with E-state index in [0.29, 0.717) is 4.47 Å². The Morgan fingerprint density at radius 1 is 1.53 bits per heavy atom. The second-order valence-electron chi connectivity index (χ2n) is 4.34. The largest absolute Gasteiger partial charge is 0.409 e. The first-order valence-electron chi connectivity index (χ1n) is 5.60. The molecule has 0 aromatic heterocycles. The van der Waals surface area contributed by atoms with Crippen molar-refractivity contribution in [1.29, 1.82) is 0 Å². The Balaban J connectivity index is 2.97. The summed E-state index contributed by atoms with van der Waals surface area (Å²) in [4.78, 5) is 12.0. The van der Waals surface area contributed by atoms with E-state index < -0.39 is 17.8 Å². The molecule has 1 aromatic rings. The maximum atomic E-state index is 13.6. The molecule has 4 N–H and O–H groups in total. The summed E-state index contributed by atoms with van der Waals surface area (Å²) in [5, 5.41) is 14.1. The van der Waals surface area contributed by atoms with Crippen LogP contribution in [0.2, 0.25) is 0 Å². The standard InChI is InChI=1S/C12H15BrFN3O2/c1-6(2)10(11(15)17-19)16-12(18)8-5-7(13)3-4-9(8)14/h3-6,10,19H,1-2H3,(H2,15,17)(H,16,18). The van der Waals surface area contributed by atoms with E-state index in [1.54, 1.807) is 13.8 Å². The fraction of sp³-hybridized carbons (Fsp3) is 0.333. The van der Waals surface area contributed by atoms with Gasteiger partial charge in [-0.25, -0.2) is 4.39 Å². The summed E-state index contributed by atoms with van der Waals surface area (Å²) < 4.78 is 14.1. The van der Waals surface area contributed by atoms with Crippen LogP contribution in [-0.4, -0.2) is 23.0 Å². The number of hydrogen-bond acceptors (Lipinski definition) is 3. The molecule has 5 nitrogen and oxygen atoms in total. The summed E-state index contributed by atoms with van der Waals surface area (Å²) in [7, 11) is 0. The van der Waals surface area contributed by atoms with E-state index in [9.17, 15) is 9.18 Å². The highest BCUT2D eigenvalue weighted by molar-refractivity contribution is 9.10. The van der Waals surface area contributed by atoms with Gasteiger partial charge >= 0.3 is 0 Å². The Morgan fingerprint density at radius 3 is 2.68 bits per heavy atom. The summed E-state index contributed by atoms with van der Waals surface area (Å²) in [5.41, 5.74) is 5.39. The topological polar surface area (TPSA) is 87.7 Å². The van der Waals surface area contributed by atoms with E-state index in [-0.39, 0.29) is 17.3 Å². The molecule has 0 aliphatic heterocycles. The van der Waals surface area contributed by atoms with Crippen molar-refractivity contribution in [2.75, 3.05) is 0 Å². The summed E-state index contributed by atoms with van der Waals surface area (Å²) in [6.45, 7) is 3.58. The van der Waals surface area contributed by atoms with Gasteiger partial charge in [-0.3, -0.25) is 4.79 Å². The Labute approximate surface area is 118 Å². The van der Waals surface area contributed by atoms with Crippen molar-refractivity contribution in [3.8, 4) is 0 Å². The zero-order chi connectivity index (χ0) is 14.6. The van der Waals surface area contributed by atoms with Crippen LogP contribution in [0.5, 0.6) is 0 Å². The third-order valence-electron chi connectivity index (χ3n) is 2.56. The molecule has 104 valence electrons. The molecule has 1 rings (SSSR count). The van der Waals surface area contributed by atoms with Crippen LogP contribution >= 0.6 is 15.9 Å². The average molecular weight is 332 g/mol. The molecule has 0 heterocycles. The van der Waals surface area contributed by atoms with E-state index >= 15 is 0 Å². The molecular weight excluding hydrogens is 317 g/mol. The number of carbonyl (C=O) groups is 1. The predicted octanol–water partition coefficient (Wildman–Crippen LogP) is 2.09. The molecule has 7 heteroatoms. The van der Waals surface area contributed by atoms with Gasteiger partial charge in [-0.05, 0) is 24.1 Å². The molecule has 0 saturated carbocycles. The lowest BCUT2D eigenvalue weighted by Crippen LogP contribution is -2.48. The van der Waals surface area contributed by atoms with Crippen molar-refractivity contribution in [3.63, 3.8) is 0 Å². The summed E-state index contributed by atoms with van der Waals surface area (Å²) in [6.07, 6.45) is 0. The zero-order valence-electron chi connectivity index (χ0n) is 10.5. The van der Waals surface area contributed by atoms with Gasteiger partial charge in [0.05, 0.1) is 11.6 Å². The summed E-state index contributed by atoms with van der Waals surface area (Å²) >= 11 is 3.17. The van der Waals surface area contributed by atoms with Crippen LogP contribution in [0.15, 0.2) is 27.8 Å². The Kier molecular flexibility index (Phi) is 5.29. The van der Waals surface area contributed by atoms with Gasteiger partial charge in [0.25, 0.3) is 5.91 Å². The number of nitrogens with zero attached hydrogens (tertiary/aromatic N) is 1. The molecule has 1 atom stereocenters. The van der Waals surface area contributed by atoms with E-state index in [1.165, 1.54) is 18.2 Å².